The fourth-order valence-electron chi connectivity index (χ4n) is 6.02. The van der Waals surface area contributed by atoms with Gasteiger partial charge >= 0.3 is 6.18 Å². The number of rotatable bonds is 5. The summed E-state index contributed by atoms with van der Waals surface area (Å²) in [5.74, 6) is -0.600. The summed E-state index contributed by atoms with van der Waals surface area (Å²) in [6.45, 7) is 3.13. The Morgan fingerprint density at radius 1 is 1.22 bits per heavy atom. The van der Waals surface area contributed by atoms with Crippen LogP contribution >= 0.6 is 0 Å². The number of alkyl halides is 3. The first-order chi connectivity index (χ1) is 14.8. The first-order valence-electron chi connectivity index (χ1n) is 10.9. The molecule has 1 aromatic rings. The van der Waals surface area contributed by atoms with E-state index in [1.807, 2.05) is 0 Å². The number of hydrogen-bond donors (Lipinski definition) is 3. The second-order valence-electron chi connectivity index (χ2n) is 10.2. The summed E-state index contributed by atoms with van der Waals surface area (Å²) in [6, 6.07) is -0.244. The first kappa shape index (κ1) is 22.8. The van der Waals surface area contributed by atoms with Crippen LogP contribution in [-0.4, -0.2) is 45.4 Å². The third-order valence-corrected chi connectivity index (χ3v) is 7.29. The fourth-order valence-corrected chi connectivity index (χ4v) is 6.02. The van der Waals surface area contributed by atoms with Crippen molar-refractivity contribution in [2.45, 2.75) is 63.8 Å². The average Bonchev–Trinajstić information content (AvgIpc) is 3.12. The molecular weight excluding hydrogens is 425 g/mol. The quantitative estimate of drug-likeness (QED) is 0.638. The Labute approximate surface area is 184 Å². The number of hydrogen-bond acceptors (Lipinski definition) is 4. The lowest BCUT2D eigenvalue weighted by Gasteiger charge is -2.58. The molecule has 1 heterocycles. The molecule has 3 N–H and O–H groups in total. The molecule has 4 saturated carbocycles. The minimum Gasteiger partial charge on any atom is -0.390 e. The Morgan fingerprint density at radius 3 is 2.38 bits per heavy atom. The minimum absolute atomic E-state index is 0.0767. The van der Waals surface area contributed by atoms with Gasteiger partial charge < -0.3 is 15.7 Å². The van der Waals surface area contributed by atoms with Crippen LogP contribution in [0, 0.1) is 23.2 Å². The topological polar surface area (TPSA) is 96.2 Å². The summed E-state index contributed by atoms with van der Waals surface area (Å²) in [4.78, 5) is 24.9. The van der Waals surface area contributed by atoms with Gasteiger partial charge in [0.25, 0.3) is 5.91 Å². The van der Waals surface area contributed by atoms with E-state index >= 15 is 0 Å². The largest absolute Gasteiger partial charge is 0.434 e. The van der Waals surface area contributed by atoms with E-state index in [4.69, 9.17) is 0 Å². The van der Waals surface area contributed by atoms with Gasteiger partial charge in [-0.1, -0.05) is 6.08 Å². The van der Waals surface area contributed by atoms with Crippen molar-refractivity contribution in [2.75, 3.05) is 7.05 Å². The predicted molar refractivity (Wildman–Crippen MR) is 110 cm³/mol. The average molecular weight is 454 g/mol. The van der Waals surface area contributed by atoms with Crippen LogP contribution in [0.5, 0.6) is 0 Å². The monoisotopic (exact) mass is 454 g/mol. The highest BCUT2D eigenvalue weighted by atomic mass is 19.4. The van der Waals surface area contributed by atoms with Gasteiger partial charge in [0.05, 0.1) is 22.8 Å². The van der Waals surface area contributed by atoms with Gasteiger partial charge in [-0.15, -0.1) is 0 Å². The van der Waals surface area contributed by atoms with Crippen molar-refractivity contribution in [1.29, 1.82) is 0 Å². The zero-order valence-corrected chi connectivity index (χ0v) is 18.4. The van der Waals surface area contributed by atoms with Crippen molar-refractivity contribution in [3.8, 4) is 0 Å². The fraction of sp³-hybridized carbons (Fsp3) is 0.682. The number of nitrogens with one attached hydrogen (secondary N) is 2. The summed E-state index contributed by atoms with van der Waals surface area (Å²) < 4.78 is 42.2. The summed E-state index contributed by atoms with van der Waals surface area (Å²) in [5.41, 5.74) is -3.48. The molecule has 4 aliphatic carbocycles. The number of aromatic nitrogens is 2. The standard InChI is InChI=1S/C22H29F3N4O3/c1-20(2,19(31)26-3)4-5-29-17(22(23,24)25)15(11-27-29)18(30)28-16-13-6-12-7-14(16)10-21(32,8-12)9-13/h4-5,11-14,16,32H,6-10H2,1-3H3,(H,26,31)(H,28,30)/b5-4+/t12?,13?,14?,16-,21-. The Bertz CT molecular complexity index is 937. The molecule has 1 aromatic heterocycles. The van der Waals surface area contributed by atoms with E-state index in [-0.39, 0.29) is 23.8 Å². The van der Waals surface area contributed by atoms with Crippen LogP contribution in [0.2, 0.25) is 0 Å². The molecule has 0 saturated heterocycles. The Morgan fingerprint density at radius 2 is 1.84 bits per heavy atom. The van der Waals surface area contributed by atoms with Crippen LogP contribution in [0.15, 0.2) is 12.3 Å². The number of carbonyl (C=O) groups is 2. The summed E-state index contributed by atoms with van der Waals surface area (Å²) in [7, 11) is 1.44. The van der Waals surface area contributed by atoms with E-state index in [2.05, 4.69) is 15.7 Å². The van der Waals surface area contributed by atoms with Crippen LogP contribution in [0.3, 0.4) is 0 Å². The maximum Gasteiger partial charge on any atom is 0.434 e. The normalized spacial score (nSPS) is 31.8. The highest BCUT2D eigenvalue weighted by Crippen LogP contribution is 2.55. The lowest BCUT2D eigenvalue weighted by molar-refractivity contribution is -0.143. The van der Waals surface area contributed by atoms with Gasteiger partial charge in [0.2, 0.25) is 5.91 Å². The number of aliphatic hydroxyl groups is 1. The van der Waals surface area contributed by atoms with Crippen molar-refractivity contribution in [3.63, 3.8) is 0 Å². The summed E-state index contributed by atoms with van der Waals surface area (Å²) in [5, 5.41) is 19.7. The molecule has 2 unspecified atom stereocenters. The van der Waals surface area contributed by atoms with Crippen LogP contribution < -0.4 is 10.6 Å². The Hall–Kier alpha value is -2.36. The number of carbonyl (C=O) groups excluding carboxylic acids is 2. The first-order valence-corrected chi connectivity index (χ1v) is 10.9. The van der Waals surface area contributed by atoms with Gasteiger partial charge in [-0.25, -0.2) is 4.68 Å². The van der Waals surface area contributed by atoms with Crippen molar-refractivity contribution >= 4 is 18.0 Å². The van der Waals surface area contributed by atoms with Gasteiger partial charge in [-0.05, 0) is 63.7 Å². The molecule has 0 aliphatic heterocycles. The smallest absolute Gasteiger partial charge is 0.390 e. The zero-order valence-electron chi connectivity index (χ0n) is 18.4. The minimum atomic E-state index is -4.82. The molecule has 0 spiro atoms. The number of nitrogens with zero attached hydrogens (tertiary/aromatic N) is 2. The lowest BCUT2D eigenvalue weighted by atomic mass is 9.52. The SMILES string of the molecule is CNC(=O)C(C)(C)/C=C/n1ncc(C(=O)N[C@H]2C3CC4CC2C[C@](O)(C4)C3)c1C(F)(F)F. The van der Waals surface area contributed by atoms with Gasteiger partial charge in [-0.3, -0.25) is 9.59 Å². The van der Waals surface area contributed by atoms with E-state index < -0.39 is 34.4 Å². The molecule has 4 aliphatic rings. The van der Waals surface area contributed by atoms with Crippen LogP contribution in [-0.2, 0) is 11.0 Å². The zero-order chi connectivity index (χ0) is 23.5. The lowest BCUT2D eigenvalue weighted by Crippen LogP contribution is -2.61. The molecule has 176 valence electrons. The van der Waals surface area contributed by atoms with Gasteiger partial charge in [0.15, 0.2) is 5.69 Å². The second kappa shape index (κ2) is 7.60. The molecule has 0 radical (unpaired) electrons. The molecule has 0 aromatic carbocycles. The van der Waals surface area contributed by atoms with E-state index in [1.54, 1.807) is 13.8 Å². The highest BCUT2D eigenvalue weighted by molar-refractivity contribution is 5.95. The molecule has 4 fully saturated rings. The van der Waals surface area contributed by atoms with Crippen LogP contribution in [0.4, 0.5) is 13.2 Å². The molecular formula is C22H29F3N4O3. The molecule has 7 nitrogen and oxygen atoms in total. The van der Waals surface area contributed by atoms with Crippen LogP contribution in [0.25, 0.3) is 6.20 Å². The van der Waals surface area contributed by atoms with Gasteiger partial charge in [0, 0.05) is 19.3 Å². The number of halogens is 3. The summed E-state index contributed by atoms with van der Waals surface area (Å²) >= 11 is 0. The highest BCUT2D eigenvalue weighted by Gasteiger charge is 2.55. The molecule has 2 atom stereocenters. The van der Waals surface area contributed by atoms with Crippen molar-refractivity contribution in [3.05, 3.63) is 23.5 Å². The van der Waals surface area contributed by atoms with E-state index in [0.29, 0.717) is 23.4 Å². The maximum absolute atomic E-state index is 13.9. The van der Waals surface area contributed by atoms with E-state index in [0.717, 1.165) is 31.7 Å². The molecule has 10 heteroatoms. The van der Waals surface area contributed by atoms with Crippen molar-refractivity contribution in [2.24, 2.45) is 23.2 Å². The maximum atomic E-state index is 13.9. The van der Waals surface area contributed by atoms with Crippen molar-refractivity contribution in [1.82, 2.24) is 20.4 Å². The molecule has 32 heavy (non-hydrogen) atoms. The molecule has 5 rings (SSSR count). The predicted octanol–water partition coefficient (Wildman–Crippen LogP) is 2.81. The number of amides is 2. The molecule has 4 bridgehead atoms. The Kier molecular flexibility index (Phi) is 5.42. The van der Waals surface area contributed by atoms with E-state index in [9.17, 15) is 27.9 Å². The third kappa shape index (κ3) is 4.04. The summed E-state index contributed by atoms with van der Waals surface area (Å²) in [6.07, 6.45) is 2.18. The third-order valence-electron chi connectivity index (χ3n) is 7.29. The van der Waals surface area contributed by atoms with Crippen LogP contribution in [0.1, 0.15) is 62.0 Å². The second-order valence-corrected chi connectivity index (χ2v) is 10.2. The van der Waals surface area contributed by atoms with Gasteiger partial charge in [0.1, 0.15) is 0 Å². The van der Waals surface area contributed by atoms with E-state index in [1.165, 1.54) is 13.1 Å². The van der Waals surface area contributed by atoms with Crippen molar-refractivity contribution < 1.29 is 27.9 Å². The van der Waals surface area contributed by atoms with Gasteiger partial charge in [-0.2, -0.15) is 18.3 Å². The molecule has 2 amide bonds. The Balaban J connectivity index is 1.57.